The Hall–Kier alpha value is -4.19. The second-order valence-corrected chi connectivity index (χ2v) is 10.7. The maximum Gasteiger partial charge on any atom is 0.0628 e. The van der Waals surface area contributed by atoms with Crippen LogP contribution in [0.15, 0.2) is 92.4 Å². The summed E-state index contributed by atoms with van der Waals surface area (Å²) in [6.45, 7) is 22.0. The highest BCUT2D eigenvalue weighted by Crippen LogP contribution is 2.33. The number of aryl methyl sites for hydroxylation is 1. The van der Waals surface area contributed by atoms with Crippen molar-refractivity contribution in [3.8, 4) is 0 Å². The smallest absolute Gasteiger partial charge is 0.0628 e. The van der Waals surface area contributed by atoms with Crippen LogP contribution in [-0.4, -0.2) is 55.7 Å². The number of likely N-dealkylation sites (tertiary alicyclic amines) is 1. The topological polar surface area (TPSA) is 46.7 Å². The lowest BCUT2D eigenvalue weighted by atomic mass is 10.1. The van der Waals surface area contributed by atoms with Crippen LogP contribution in [0.5, 0.6) is 0 Å². The highest BCUT2D eigenvalue weighted by molar-refractivity contribution is 5.85. The summed E-state index contributed by atoms with van der Waals surface area (Å²) < 4.78 is 0. The van der Waals surface area contributed by atoms with Gasteiger partial charge in [-0.25, -0.2) is 0 Å². The van der Waals surface area contributed by atoms with Gasteiger partial charge in [-0.1, -0.05) is 44.0 Å². The molecule has 2 aliphatic rings. The predicted molar refractivity (Wildman–Crippen MR) is 171 cm³/mol. The standard InChI is InChI=1S/C34H42N6/c1-26-9-5-6-11-33(26)39-21-23-40(24-22-39)34-13-12-31(25-32(34)37-29(4)30-14-17-35-18-15-30)28(3)36-16-8-20-38-19-7-10-27(38)2/h5-6,9,11-15,17-18,25,36-37H,2-4,7-8,10,16,19-24H2,1H3. The van der Waals surface area contributed by atoms with E-state index in [0.29, 0.717) is 0 Å². The summed E-state index contributed by atoms with van der Waals surface area (Å²) in [6.07, 6.45) is 7.02. The summed E-state index contributed by atoms with van der Waals surface area (Å²) >= 11 is 0. The van der Waals surface area contributed by atoms with E-state index in [1.165, 1.54) is 29.1 Å². The zero-order valence-corrected chi connectivity index (χ0v) is 23.8. The van der Waals surface area contributed by atoms with Crippen molar-refractivity contribution in [2.24, 2.45) is 0 Å². The molecule has 3 aromatic rings. The second kappa shape index (κ2) is 12.8. The Morgan fingerprint density at radius 1 is 0.850 bits per heavy atom. The number of aromatic nitrogens is 1. The summed E-state index contributed by atoms with van der Waals surface area (Å²) in [5.74, 6) is 0. The van der Waals surface area contributed by atoms with Gasteiger partial charge in [0.1, 0.15) is 0 Å². The lowest BCUT2D eigenvalue weighted by Gasteiger charge is -2.39. The number of para-hydroxylation sites is 1. The van der Waals surface area contributed by atoms with Gasteiger partial charge in [0.05, 0.1) is 11.4 Å². The molecule has 0 aliphatic carbocycles. The minimum absolute atomic E-state index is 0.851. The van der Waals surface area contributed by atoms with E-state index in [1.807, 2.05) is 12.1 Å². The molecule has 2 aliphatic heterocycles. The van der Waals surface area contributed by atoms with Crippen molar-refractivity contribution in [3.63, 3.8) is 0 Å². The first kappa shape index (κ1) is 27.4. The molecule has 0 atom stereocenters. The van der Waals surface area contributed by atoms with E-state index in [9.17, 15) is 0 Å². The lowest BCUT2D eigenvalue weighted by molar-refractivity contribution is 0.386. The summed E-state index contributed by atoms with van der Waals surface area (Å²) in [5.41, 5.74) is 10.1. The van der Waals surface area contributed by atoms with Crippen LogP contribution in [0, 0.1) is 6.92 Å². The van der Waals surface area contributed by atoms with Crippen LogP contribution in [0.3, 0.4) is 0 Å². The van der Waals surface area contributed by atoms with Crippen molar-refractivity contribution in [3.05, 3.63) is 109 Å². The summed E-state index contributed by atoms with van der Waals surface area (Å²) in [7, 11) is 0. The first-order chi connectivity index (χ1) is 19.5. The summed E-state index contributed by atoms with van der Waals surface area (Å²) in [6, 6.07) is 19.2. The third kappa shape index (κ3) is 6.50. The number of piperazine rings is 1. The van der Waals surface area contributed by atoms with Gasteiger partial charge in [0.15, 0.2) is 0 Å². The van der Waals surface area contributed by atoms with Crippen molar-refractivity contribution in [1.82, 2.24) is 15.2 Å². The van der Waals surface area contributed by atoms with E-state index in [1.54, 1.807) is 12.4 Å². The molecule has 5 rings (SSSR count). The Kier molecular flexibility index (Phi) is 8.74. The number of allylic oxidation sites excluding steroid dienone is 1. The SMILES string of the molecule is C=C(NCCCN1CCCC1=C)c1ccc(N2CCN(c3ccccc3C)CC2)c(NC(=C)c2ccncc2)c1. The number of rotatable bonds is 11. The molecular formula is C34H42N6. The lowest BCUT2D eigenvalue weighted by Crippen LogP contribution is -2.47. The molecule has 6 heteroatoms. The molecule has 3 heterocycles. The van der Waals surface area contributed by atoms with Gasteiger partial charge in [0.2, 0.25) is 0 Å². The van der Waals surface area contributed by atoms with E-state index in [-0.39, 0.29) is 0 Å². The highest BCUT2D eigenvalue weighted by atomic mass is 15.3. The van der Waals surface area contributed by atoms with Gasteiger partial charge in [-0.2, -0.15) is 0 Å². The Labute approximate surface area is 239 Å². The second-order valence-electron chi connectivity index (χ2n) is 10.7. The molecule has 0 amide bonds. The van der Waals surface area contributed by atoms with Crippen LogP contribution >= 0.6 is 0 Å². The monoisotopic (exact) mass is 534 g/mol. The van der Waals surface area contributed by atoms with Crippen molar-refractivity contribution in [1.29, 1.82) is 0 Å². The average molecular weight is 535 g/mol. The number of benzene rings is 2. The van der Waals surface area contributed by atoms with Crippen LogP contribution < -0.4 is 20.4 Å². The van der Waals surface area contributed by atoms with Gasteiger partial charge < -0.3 is 25.3 Å². The number of anilines is 3. The molecular weight excluding hydrogens is 492 g/mol. The zero-order valence-electron chi connectivity index (χ0n) is 23.8. The molecule has 0 bridgehead atoms. The predicted octanol–water partition coefficient (Wildman–Crippen LogP) is 6.36. The Bertz CT molecular complexity index is 1340. The molecule has 2 saturated heterocycles. The molecule has 2 N–H and O–H groups in total. The molecule has 1 aromatic heterocycles. The first-order valence-corrected chi connectivity index (χ1v) is 14.4. The van der Waals surface area contributed by atoms with E-state index < -0.39 is 0 Å². The molecule has 2 aromatic carbocycles. The van der Waals surface area contributed by atoms with Gasteiger partial charge in [0.25, 0.3) is 0 Å². The fraction of sp³-hybridized carbons (Fsp3) is 0.324. The Morgan fingerprint density at radius 2 is 1.57 bits per heavy atom. The van der Waals surface area contributed by atoms with Gasteiger partial charge in [-0.05, 0) is 67.6 Å². The molecule has 0 spiro atoms. The van der Waals surface area contributed by atoms with Crippen molar-refractivity contribution in [2.45, 2.75) is 26.2 Å². The molecule has 2 fully saturated rings. The Balaban J connectivity index is 1.28. The fourth-order valence-electron chi connectivity index (χ4n) is 5.67. The third-order valence-electron chi connectivity index (χ3n) is 8.02. The molecule has 208 valence electrons. The van der Waals surface area contributed by atoms with E-state index in [2.05, 4.69) is 99.4 Å². The van der Waals surface area contributed by atoms with Crippen LogP contribution in [0.25, 0.3) is 11.4 Å². The van der Waals surface area contributed by atoms with Crippen LogP contribution in [0.4, 0.5) is 17.1 Å². The normalized spacial score (nSPS) is 15.3. The molecule has 0 radical (unpaired) electrons. The first-order valence-electron chi connectivity index (χ1n) is 14.4. The number of pyridine rings is 1. The number of hydrogen-bond donors (Lipinski definition) is 2. The molecule has 6 nitrogen and oxygen atoms in total. The third-order valence-corrected chi connectivity index (χ3v) is 8.02. The van der Waals surface area contributed by atoms with Crippen molar-refractivity contribution < 1.29 is 0 Å². The van der Waals surface area contributed by atoms with E-state index in [4.69, 9.17) is 0 Å². The van der Waals surface area contributed by atoms with Crippen LogP contribution in [0.1, 0.15) is 36.0 Å². The molecule has 0 saturated carbocycles. The minimum Gasteiger partial charge on any atom is -0.385 e. The zero-order chi connectivity index (χ0) is 27.9. The highest BCUT2D eigenvalue weighted by Gasteiger charge is 2.21. The summed E-state index contributed by atoms with van der Waals surface area (Å²) in [4.78, 5) is 11.5. The quantitative estimate of drug-likeness (QED) is 0.279. The maximum atomic E-state index is 4.36. The van der Waals surface area contributed by atoms with Gasteiger partial charge in [-0.3, -0.25) is 4.98 Å². The van der Waals surface area contributed by atoms with Gasteiger partial charge in [-0.15, -0.1) is 0 Å². The number of nitrogens with one attached hydrogen (secondary N) is 2. The maximum absolute atomic E-state index is 4.36. The van der Waals surface area contributed by atoms with Gasteiger partial charge >= 0.3 is 0 Å². The Morgan fingerprint density at radius 3 is 2.27 bits per heavy atom. The number of nitrogens with zero attached hydrogens (tertiary/aromatic N) is 4. The average Bonchev–Trinajstić information content (AvgIpc) is 3.40. The van der Waals surface area contributed by atoms with Crippen LogP contribution in [-0.2, 0) is 0 Å². The molecule has 0 unspecified atom stereocenters. The van der Waals surface area contributed by atoms with Gasteiger partial charge in [0, 0.05) is 86.5 Å². The molecule has 40 heavy (non-hydrogen) atoms. The largest absolute Gasteiger partial charge is 0.385 e. The van der Waals surface area contributed by atoms with Crippen LogP contribution in [0.2, 0.25) is 0 Å². The van der Waals surface area contributed by atoms with Crippen molar-refractivity contribution in [2.75, 3.05) is 60.9 Å². The fourth-order valence-corrected chi connectivity index (χ4v) is 5.67. The van der Waals surface area contributed by atoms with E-state index in [0.717, 1.165) is 86.9 Å². The minimum atomic E-state index is 0.851. The summed E-state index contributed by atoms with van der Waals surface area (Å²) in [5, 5.41) is 7.17. The van der Waals surface area contributed by atoms with E-state index >= 15 is 0 Å². The number of hydrogen-bond acceptors (Lipinski definition) is 6. The van der Waals surface area contributed by atoms with Crippen molar-refractivity contribution >= 4 is 28.5 Å².